The van der Waals surface area contributed by atoms with E-state index in [0.717, 1.165) is 18.4 Å². The van der Waals surface area contributed by atoms with Gasteiger partial charge in [0.25, 0.3) is 0 Å². The zero-order valence-electron chi connectivity index (χ0n) is 14.3. The van der Waals surface area contributed by atoms with Gasteiger partial charge in [-0.25, -0.2) is 8.42 Å². The second-order valence-electron chi connectivity index (χ2n) is 5.70. The molecule has 2 N–H and O–H groups in total. The molecule has 130 valence electrons. The van der Waals surface area contributed by atoms with Gasteiger partial charge in [-0.3, -0.25) is 4.79 Å². The molecular formula is C16H26N2O4S. The molecule has 0 aliphatic carbocycles. The standard InChI is InChI=1S/C16H26N2O4S/c1-6-7-12(3)17-16(19)13(4)18-23(20,21)15-10-11(2)8-9-14(15)22-5/h8-10,12-13,18H,6-7H2,1-5H3,(H,17,19)/t12-,13-/m1/s1. The number of amides is 1. The molecule has 1 aromatic rings. The van der Waals surface area contributed by atoms with E-state index in [0.29, 0.717) is 0 Å². The van der Waals surface area contributed by atoms with Crippen LogP contribution in [-0.2, 0) is 14.8 Å². The highest BCUT2D eigenvalue weighted by Gasteiger charge is 2.25. The molecule has 0 saturated heterocycles. The average molecular weight is 342 g/mol. The third-order valence-corrected chi connectivity index (χ3v) is 5.01. The van der Waals surface area contributed by atoms with Crippen molar-refractivity contribution in [2.75, 3.05) is 7.11 Å². The van der Waals surface area contributed by atoms with Gasteiger partial charge in [0.2, 0.25) is 15.9 Å². The topological polar surface area (TPSA) is 84.5 Å². The quantitative estimate of drug-likeness (QED) is 0.756. The highest BCUT2D eigenvalue weighted by atomic mass is 32.2. The number of hydrogen-bond donors (Lipinski definition) is 2. The summed E-state index contributed by atoms with van der Waals surface area (Å²) in [6.07, 6.45) is 1.79. The first-order valence-electron chi connectivity index (χ1n) is 7.68. The number of methoxy groups -OCH3 is 1. The van der Waals surface area contributed by atoms with Crippen molar-refractivity contribution in [3.05, 3.63) is 23.8 Å². The Morgan fingerprint density at radius 1 is 1.30 bits per heavy atom. The maximum absolute atomic E-state index is 12.5. The Kier molecular flexibility index (Phi) is 7.02. The average Bonchev–Trinajstić information content (AvgIpc) is 2.46. The summed E-state index contributed by atoms with van der Waals surface area (Å²) in [5, 5.41) is 2.80. The van der Waals surface area contributed by atoms with E-state index < -0.39 is 16.1 Å². The van der Waals surface area contributed by atoms with Crippen molar-refractivity contribution < 1.29 is 17.9 Å². The van der Waals surface area contributed by atoms with Gasteiger partial charge in [-0.05, 0) is 44.9 Å². The van der Waals surface area contributed by atoms with Crippen molar-refractivity contribution in [3.63, 3.8) is 0 Å². The van der Waals surface area contributed by atoms with E-state index >= 15 is 0 Å². The van der Waals surface area contributed by atoms with Crippen molar-refractivity contribution in [1.29, 1.82) is 0 Å². The van der Waals surface area contributed by atoms with Crippen molar-refractivity contribution >= 4 is 15.9 Å². The molecule has 0 aromatic heterocycles. The Labute approximate surface area is 138 Å². The van der Waals surface area contributed by atoms with E-state index in [1.165, 1.54) is 20.1 Å². The van der Waals surface area contributed by atoms with Crippen molar-refractivity contribution in [2.24, 2.45) is 0 Å². The van der Waals surface area contributed by atoms with Crippen LogP contribution in [0.2, 0.25) is 0 Å². The fourth-order valence-corrected chi connectivity index (χ4v) is 3.67. The van der Waals surface area contributed by atoms with Crippen LogP contribution in [0, 0.1) is 6.92 Å². The highest BCUT2D eigenvalue weighted by Crippen LogP contribution is 2.24. The van der Waals surface area contributed by atoms with Crippen LogP contribution in [0.25, 0.3) is 0 Å². The molecule has 0 heterocycles. The fraction of sp³-hybridized carbons (Fsp3) is 0.562. The number of sulfonamides is 1. The Morgan fingerprint density at radius 3 is 2.52 bits per heavy atom. The summed E-state index contributed by atoms with van der Waals surface area (Å²) in [5.74, 6) is -0.101. The van der Waals surface area contributed by atoms with E-state index in [1.807, 2.05) is 13.8 Å². The Hall–Kier alpha value is -1.60. The summed E-state index contributed by atoms with van der Waals surface area (Å²) >= 11 is 0. The molecule has 23 heavy (non-hydrogen) atoms. The molecule has 0 saturated carbocycles. The number of rotatable bonds is 8. The lowest BCUT2D eigenvalue weighted by Crippen LogP contribution is -2.47. The van der Waals surface area contributed by atoms with Crippen LogP contribution < -0.4 is 14.8 Å². The maximum atomic E-state index is 12.5. The van der Waals surface area contributed by atoms with Gasteiger partial charge in [0.15, 0.2) is 0 Å². The van der Waals surface area contributed by atoms with E-state index in [4.69, 9.17) is 4.74 Å². The van der Waals surface area contributed by atoms with Crippen molar-refractivity contribution in [1.82, 2.24) is 10.0 Å². The van der Waals surface area contributed by atoms with Gasteiger partial charge in [0.1, 0.15) is 10.6 Å². The summed E-state index contributed by atoms with van der Waals surface area (Å²) < 4.78 is 32.5. The first-order chi connectivity index (χ1) is 10.7. The predicted molar refractivity (Wildman–Crippen MR) is 90.0 cm³/mol. The Balaban J connectivity index is 2.90. The first kappa shape index (κ1) is 19.4. The molecular weight excluding hydrogens is 316 g/mol. The van der Waals surface area contributed by atoms with Crippen LogP contribution >= 0.6 is 0 Å². The zero-order chi connectivity index (χ0) is 17.6. The smallest absolute Gasteiger partial charge is 0.244 e. The van der Waals surface area contributed by atoms with Gasteiger partial charge < -0.3 is 10.1 Å². The summed E-state index contributed by atoms with van der Waals surface area (Å²) in [6, 6.07) is 4.02. The molecule has 0 unspecified atom stereocenters. The van der Waals surface area contributed by atoms with Gasteiger partial charge in [0, 0.05) is 6.04 Å². The lowest BCUT2D eigenvalue weighted by atomic mass is 10.2. The molecule has 0 aliphatic rings. The van der Waals surface area contributed by atoms with Gasteiger partial charge in [-0.1, -0.05) is 19.4 Å². The first-order valence-corrected chi connectivity index (χ1v) is 9.17. The molecule has 6 nitrogen and oxygen atoms in total. The number of aryl methyl sites for hydroxylation is 1. The van der Waals surface area contributed by atoms with Crippen LogP contribution in [0.5, 0.6) is 5.75 Å². The number of benzene rings is 1. The minimum absolute atomic E-state index is 0.00737. The molecule has 0 radical (unpaired) electrons. The van der Waals surface area contributed by atoms with E-state index in [1.54, 1.807) is 19.1 Å². The summed E-state index contributed by atoms with van der Waals surface area (Å²) in [5.41, 5.74) is 0.792. The second-order valence-corrected chi connectivity index (χ2v) is 7.38. The summed E-state index contributed by atoms with van der Waals surface area (Å²) in [6.45, 7) is 7.24. The van der Waals surface area contributed by atoms with Crippen molar-refractivity contribution in [2.45, 2.75) is 57.5 Å². The van der Waals surface area contributed by atoms with E-state index in [2.05, 4.69) is 10.0 Å². The lowest BCUT2D eigenvalue weighted by molar-refractivity contribution is -0.123. The number of hydrogen-bond acceptors (Lipinski definition) is 4. The van der Waals surface area contributed by atoms with Crippen LogP contribution in [0.15, 0.2) is 23.1 Å². The van der Waals surface area contributed by atoms with Gasteiger partial charge in [-0.2, -0.15) is 4.72 Å². The third-order valence-electron chi connectivity index (χ3n) is 3.44. The Bertz CT molecular complexity index is 643. The lowest BCUT2D eigenvalue weighted by Gasteiger charge is -2.19. The molecule has 0 spiro atoms. The number of carbonyl (C=O) groups is 1. The van der Waals surface area contributed by atoms with Crippen LogP contribution in [0.3, 0.4) is 0 Å². The summed E-state index contributed by atoms with van der Waals surface area (Å²) in [4.78, 5) is 12.1. The fourth-order valence-electron chi connectivity index (χ4n) is 2.22. The van der Waals surface area contributed by atoms with E-state index in [9.17, 15) is 13.2 Å². The molecule has 1 rings (SSSR count). The molecule has 1 aromatic carbocycles. The molecule has 2 atom stereocenters. The summed E-state index contributed by atoms with van der Waals surface area (Å²) in [7, 11) is -2.44. The molecule has 7 heteroatoms. The Morgan fingerprint density at radius 2 is 1.96 bits per heavy atom. The maximum Gasteiger partial charge on any atom is 0.244 e. The minimum Gasteiger partial charge on any atom is -0.495 e. The van der Waals surface area contributed by atoms with Crippen LogP contribution in [0.1, 0.15) is 39.2 Å². The highest BCUT2D eigenvalue weighted by molar-refractivity contribution is 7.89. The number of nitrogens with one attached hydrogen (secondary N) is 2. The molecule has 1 amide bonds. The van der Waals surface area contributed by atoms with Crippen molar-refractivity contribution in [3.8, 4) is 5.75 Å². The van der Waals surface area contributed by atoms with Crippen LogP contribution in [-0.4, -0.2) is 33.5 Å². The van der Waals surface area contributed by atoms with Gasteiger partial charge in [-0.15, -0.1) is 0 Å². The minimum atomic E-state index is -3.85. The van der Waals surface area contributed by atoms with Gasteiger partial charge in [0.05, 0.1) is 13.2 Å². The molecule has 0 fully saturated rings. The third kappa shape index (κ3) is 5.51. The number of ether oxygens (including phenoxy) is 1. The SMILES string of the molecule is CCC[C@@H](C)NC(=O)[C@@H](C)NS(=O)(=O)c1cc(C)ccc1OC. The predicted octanol–water partition coefficient (Wildman–Crippen LogP) is 1.98. The van der Waals surface area contributed by atoms with Crippen LogP contribution in [0.4, 0.5) is 0 Å². The zero-order valence-corrected chi connectivity index (χ0v) is 15.2. The van der Waals surface area contributed by atoms with Gasteiger partial charge >= 0.3 is 0 Å². The molecule has 0 aliphatic heterocycles. The largest absolute Gasteiger partial charge is 0.495 e. The second kappa shape index (κ2) is 8.31. The van der Waals surface area contributed by atoms with E-state index in [-0.39, 0.29) is 22.6 Å². The number of carbonyl (C=O) groups excluding carboxylic acids is 1. The monoisotopic (exact) mass is 342 g/mol. The normalized spacial score (nSPS) is 14.1. The molecule has 0 bridgehead atoms.